The molecule has 0 aliphatic rings. The number of halogens is 3. The van der Waals surface area contributed by atoms with E-state index >= 15 is 0 Å². The number of anilines is 1. The summed E-state index contributed by atoms with van der Waals surface area (Å²) in [6.07, 6.45) is 1.36. The third-order valence-electron chi connectivity index (χ3n) is 2.82. The highest BCUT2D eigenvalue weighted by molar-refractivity contribution is 6.31. The van der Waals surface area contributed by atoms with Crippen LogP contribution >= 0.6 is 11.6 Å². The number of aryl methyl sites for hydroxylation is 1. The largest absolute Gasteiger partial charge is 0.383 e. The molecule has 0 saturated carbocycles. The Morgan fingerprint density at radius 3 is 2.58 bits per heavy atom. The van der Waals surface area contributed by atoms with Gasteiger partial charge in [0, 0.05) is 35.9 Å². The number of rotatable bonds is 3. The second kappa shape index (κ2) is 5.14. The van der Waals surface area contributed by atoms with Crippen LogP contribution in [0, 0.1) is 11.6 Å². The first-order chi connectivity index (χ1) is 8.97. The molecule has 0 radical (unpaired) electrons. The van der Waals surface area contributed by atoms with E-state index in [0.717, 1.165) is 0 Å². The molecule has 0 unspecified atom stereocenters. The molecule has 1 heterocycles. The normalized spacial score (nSPS) is 11.0. The number of nitrogens with zero attached hydrogens (tertiary/aromatic N) is 2. The molecule has 0 amide bonds. The van der Waals surface area contributed by atoms with Crippen LogP contribution in [0.1, 0.15) is 5.56 Å². The van der Waals surface area contributed by atoms with Crippen molar-refractivity contribution in [2.75, 3.05) is 12.8 Å². The Balaban J connectivity index is 2.63. The van der Waals surface area contributed by atoms with Gasteiger partial charge in [0.05, 0.1) is 12.8 Å². The average molecular weight is 288 g/mol. The highest BCUT2D eigenvalue weighted by Crippen LogP contribution is 2.34. The van der Waals surface area contributed by atoms with E-state index in [-0.39, 0.29) is 28.6 Å². The highest BCUT2D eigenvalue weighted by atomic mass is 35.5. The summed E-state index contributed by atoms with van der Waals surface area (Å²) in [5.74, 6) is -1.82. The van der Waals surface area contributed by atoms with E-state index in [2.05, 4.69) is 5.10 Å². The summed E-state index contributed by atoms with van der Waals surface area (Å²) in [4.78, 5) is 0. The van der Waals surface area contributed by atoms with Crippen molar-refractivity contribution in [1.29, 1.82) is 0 Å². The maximum Gasteiger partial charge on any atom is 0.167 e. The molecule has 0 aliphatic carbocycles. The van der Waals surface area contributed by atoms with Crippen molar-refractivity contribution in [2.24, 2.45) is 7.05 Å². The van der Waals surface area contributed by atoms with E-state index in [4.69, 9.17) is 22.1 Å². The number of hydrogen-bond donors (Lipinski definition) is 1. The number of hydrogen-bond acceptors (Lipinski definition) is 3. The smallest absolute Gasteiger partial charge is 0.167 e. The van der Waals surface area contributed by atoms with Gasteiger partial charge in [0.15, 0.2) is 11.6 Å². The Morgan fingerprint density at radius 1 is 1.37 bits per heavy atom. The number of nitrogen functional groups attached to an aromatic ring is 1. The van der Waals surface area contributed by atoms with Crippen molar-refractivity contribution in [1.82, 2.24) is 9.78 Å². The molecule has 1 aromatic carbocycles. The summed E-state index contributed by atoms with van der Waals surface area (Å²) in [5, 5.41) is 3.97. The summed E-state index contributed by atoms with van der Waals surface area (Å²) >= 11 is 5.94. The number of nitrogens with two attached hydrogens (primary N) is 1. The lowest BCUT2D eigenvalue weighted by atomic mass is 10.0. The SMILES string of the molecule is COCc1c(Cl)cc(-c2cnn(C)c2N)c(F)c1F. The van der Waals surface area contributed by atoms with E-state index in [9.17, 15) is 8.78 Å². The van der Waals surface area contributed by atoms with Gasteiger partial charge in [-0.05, 0) is 6.07 Å². The van der Waals surface area contributed by atoms with Crippen molar-refractivity contribution in [2.45, 2.75) is 6.61 Å². The van der Waals surface area contributed by atoms with Crippen LogP contribution in [-0.4, -0.2) is 16.9 Å². The molecule has 2 rings (SSSR count). The second-order valence-corrected chi connectivity index (χ2v) is 4.42. The second-order valence-electron chi connectivity index (χ2n) is 4.01. The predicted molar refractivity (Wildman–Crippen MR) is 68.7 cm³/mol. The minimum Gasteiger partial charge on any atom is -0.383 e. The Morgan fingerprint density at radius 2 is 2.05 bits per heavy atom. The van der Waals surface area contributed by atoms with Gasteiger partial charge < -0.3 is 10.5 Å². The maximum atomic E-state index is 14.1. The van der Waals surface area contributed by atoms with Gasteiger partial charge in [-0.2, -0.15) is 5.10 Å². The number of methoxy groups -OCH3 is 1. The van der Waals surface area contributed by atoms with Crippen LogP contribution in [0.15, 0.2) is 12.3 Å². The summed E-state index contributed by atoms with van der Waals surface area (Å²) in [5.41, 5.74) is 6.00. The zero-order chi connectivity index (χ0) is 14.2. The van der Waals surface area contributed by atoms with Crippen LogP contribution < -0.4 is 5.73 Å². The van der Waals surface area contributed by atoms with Gasteiger partial charge in [-0.15, -0.1) is 0 Å². The van der Waals surface area contributed by atoms with Crippen molar-refractivity contribution >= 4 is 17.4 Å². The summed E-state index contributed by atoms with van der Waals surface area (Å²) < 4.78 is 34.1. The van der Waals surface area contributed by atoms with Crippen molar-refractivity contribution in [3.05, 3.63) is 34.5 Å². The minimum absolute atomic E-state index is 0.0204. The molecule has 0 bridgehead atoms. The minimum atomic E-state index is -1.03. The van der Waals surface area contributed by atoms with E-state index in [1.165, 1.54) is 24.1 Å². The number of benzene rings is 1. The van der Waals surface area contributed by atoms with Crippen LogP contribution in [0.5, 0.6) is 0 Å². The third kappa shape index (κ3) is 2.29. The van der Waals surface area contributed by atoms with Crippen molar-refractivity contribution in [3.63, 3.8) is 0 Å². The Bertz CT molecular complexity index is 628. The van der Waals surface area contributed by atoms with Gasteiger partial charge in [-0.25, -0.2) is 8.78 Å². The zero-order valence-electron chi connectivity index (χ0n) is 10.4. The van der Waals surface area contributed by atoms with Gasteiger partial charge in [0.25, 0.3) is 0 Å². The molecule has 0 atom stereocenters. The molecule has 1 aromatic heterocycles. The van der Waals surface area contributed by atoms with Crippen molar-refractivity contribution < 1.29 is 13.5 Å². The molecule has 19 heavy (non-hydrogen) atoms. The lowest BCUT2D eigenvalue weighted by molar-refractivity contribution is 0.180. The first-order valence-electron chi connectivity index (χ1n) is 5.40. The molecule has 7 heteroatoms. The Hall–Kier alpha value is -1.66. The van der Waals surface area contributed by atoms with E-state index in [1.807, 2.05) is 0 Å². The van der Waals surface area contributed by atoms with Gasteiger partial charge in [-0.1, -0.05) is 11.6 Å². The summed E-state index contributed by atoms with van der Waals surface area (Å²) in [6, 6.07) is 1.32. The molecular formula is C12H12ClF2N3O. The molecule has 0 saturated heterocycles. The predicted octanol–water partition coefficient (Wildman–Crippen LogP) is 2.75. The third-order valence-corrected chi connectivity index (χ3v) is 3.15. The van der Waals surface area contributed by atoms with Crippen molar-refractivity contribution in [3.8, 4) is 11.1 Å². The van der Waals surface area contributed by atoms with E-state index < -0.39 is 11.6 Å². The van der Waals surface area contributed by atoms with Crippen LogP contribution in [0.25, 0.3) is 11.1 Å². The van der Waals surface area contributed by atoms with Gasteiger partial charge in [0.1, 0.15) is 5.82 Å². The fraction of sp³-hybridized carbons (Fsp3) is 0.250. The van der Waals surface area contributed by atoms with Gasteiger partial charge in [-0.3, -0.25) is 4.68 Å². The molecule has 2 aromatic rings. The molecule has 0 aliphatic heterocycles. The molecular weight excluding hydrogens is 276 g/mol. The Labute approximate surface area is 113 Å². The van der Waals surface area contributed by atoms with Crippen LogP contribution in [0.4, 0.5) is 14.6 Å². The lowest BCUT2D eigenvalue weighted by Crippen LogP contribution is -2.02. The summed E-state index contributed by atoms with van der Waals surface area (Å²) in [6.45, 7) is -0.107. The van der Waals surface area contributed by atoms with E-state index in [0.29, 0.717) is 5.56 Å². The topological polar surface area (TPSA) is 53.1 Å². The number of aromatic nitrogens is 2. The zero-order valence-corrected chi connectivity index (χ0v) is 11.1. The highest BCUT2D eigenvalue weighted by Gasteiger charge is 2.21. The lowest BCUT2D eigenvalue weighted by Gasteiger charge is -2.10. The number of ether oxygens (including phenoxy) is 1. The van der Waals surface area contributed by atoms with Crippen LogP contribution in [0.2, 0.25) is 5.02 Å². The standard InChI is InChI=1S/C12H12ClF2N3O/c1-18-12(16)7(4-17-18)6-3-9(13)8(5-19-2)11(15)10(6)14/h3-4H,5,16H2,1-2H3. The fourth-order valence-corrected chi connectivity index (χ4v) is 2.01. The monoisotopic (exact) mass is 287 g/mol. The van der Waals surface area contributed by atoms with Gasteiger partial charge in [0.2, 0.25) is 0 Å². The van der Waals surface area contributed by atoms with E-state index in [1.54, 1.807) is 7.05 Å². The van der Waals surface area contributed by atoms with Crippen LogP contribution in [-0.2, 0) is 18.4 Å². The quantitative estimate of drug-likeness (QED) is 0.883. The molecule has 102 valence electrons. The molecule has 0 fully saturated rings. The molecule has 2 N–H and O–H groups in total. The first kappa shape index (κ1) is 13.8. The molecule has 4 nitrogen and oxygen atoms in total. The average Bonchev–Trinajstić information content (AvgIpc) is 2.70. The Kier molecular flexibility index (Phi) is 3.73. The van der Waals surface area contributed by atoms with Crippen LogP contribution in [0.3, 0.4) is 0 Å². The fourth-order valence-electron chi connectivity index (χ4n) is 1.76. The first-order valence-corrected chi connectivity index (χ1v) is 5.78. The van der Waals surface area contributed by atoms with Gasteiger partial charge >= 0.3 is 0 Å². The summed E-state index contributed by atoms with van der Waals surface area (Å²) in [7, 11) is 2.98. The maximum absolute atomic E-state index is 14.1. The molecule has 0 spiro atoms.